The summed E-state index contributed by atoms with van der Waals surface area (Å²) >= 11 is 6.30. The standard InChI is InChI=1S/C17H26ClN3/c1-17(2)6-3-8-21(9-7-17)16-10-13(15(18)12-20-16)11-19-14-4-5-14/h10,12,14,19H,3-9,11H2,1-2H3. The topological polar surface area (TPSA) is 28.2 Å². The predicted octanol–water partition coefficient (Wildman–Crippen LogP) is 4.00. The molecule has 0 bridgehead atoms. The van der Waals surface area contributed by atoms with Crippen molar-refractivity contribution in [3.05, 3.63) is 22.8 Å². The second kappa shape index (κ2) is 6.13. The highest BCUT2D eigenvalue weighted by atomic mass is 35.5. The second-order valence-corrected chi connectivity index (χ2v) is 7.70. The average molecular weight is 308 g/mol. The molecule has 1 aromatic rings. The molecule has 1 N–H and O–H groups in total. The molecule has 0 atom stereocenters. The van der Waals surface area contributed by atoms with Crippen molar-refractivity contribution in [2.45, 2.75) is 58.5 Å². The summed E-state index contributed by atoms with van der Waals surface area (Å²) in [5.41, 5.74) is 1.63. The Morgan fingerprint density at radius 2 is 2.14 bits per heavy atom. The molecule has 2 fully saturated rings. The molecule has 0 unspecified atom stereocenters. The first-order valence-corrected chi connectivity index (χ1v) is 8.54. The van der Waals surface area contributed by atoms with Gasteiger partial charge in [0.2, 0.25) is 0 Å². The van der Waals surface area contributed by atoms with Crippen molar-refractivity contribution in [2.75, 3.05) is 18.0 Å². The molecular weight excluding hydrogens is 282 g/mol. The Morgan fingerprint density at radius 1 is 1.33 bits per heavy atom. The Morgan fingerprint density at radius 3 is 2.90 bits per heavy atom. The Bertz CT molecular complexity index is 497. The van der Waals surface area contributed by atoms with Gasteiger partial charge in [0.25, 0.3) is 0 Å². The highest BCUT2D eigenvalue weighted by Crippen LogP contribution is 2.32. The summed E-state index contributed by atoms with van der Waals surface area (Å²) in [5, 5.41) is 4.32. The summed E-state index contributed by atoms with van der Waals surface area (Å²) in [4.78, 5) is 6.98. The van der Waals surface area contributed by atoms with Crippen molar-refractivity contribution in [1.29, 1.82) is 0 Å². The van der Waals surface area contributed by atoms with E-state index < -0.39 is 0 Å². The van der Waals surface area contributed by atoms with E-state index >= 15 is 0 Å². The zero-order valence-electron chi connectivity index (χ0n) is 13.2. The van der Waals surface area contributed by atoms with Crippen LogP contribution in [-0.4, -0.2) is 24.1 Å². The van der Waals surface area contributed by atoms with Gasteiger partial charge in [-0.05, 0) is 49.1 Å². The van der Waals surface area contributed by atoms with E-state index in [4.69, 9.17) is 11.6 Å². The van der Waals surface area contributed by atoms with Gasteiger partial charge in [0.15, 0.2) is 0 Å². The number of rotatable bonds is 4. The van der Waals surface area contributed by atoms with E-state index in [2.05, 4.69) is 35.1 Å². The third kappa shape index (κ3) is 4.10. The quantitative estimate of drug-likeness (QED) is 0.911. The number of pyridine rings is 1. The predicted molar refractivity (Wildman–Crippen MR) is 89.0 cm³/mol. The van der Waals surface area contributed by atoms with Gasteiger partial charge in [0.05, 0.1) is 5.02 Å². The Hall–Kier alpha value is -0.800. The van der Waals surface area contributed by atoms with Gasteiger partial charge in [0, 0.05) is 31.9 Å². The Balaban J connectivity index is 1.70. The number of anilines is 1. The van der Waals surface area contributed by atoms with E-state index in [0.717, 1.165) is 30.5 Å². The van der Waals surface area contributed by atoms with Crippen molar-refractivity contribution in [2.24, 2.45) is 5.41 Å². The molecule has 2 aliphatic rings. The lowest BCUT2D eigenvalue weighted by molar-refractivity contribution is 0.325. The van der Waals surface area contributed by atoms with Gasteiger partial charge >= 0.3 is 0 Å². The van der Waals surface area contributed by atoms with Gasteiger partial charge in [-0.25, -0.2) is 4.98 Å². The number of nitrogens with zero attached hydrogens (tertiary/aromatic N) is 2. The second-order valence-electron chi connectivity index (χ2n) is 7.29. The van der Waals surface area contributed by atoms with Crippen LogP contribution in [0.25, 0.3) is 0 Å². The molecule has 0 aromatic carbocycles. The van der Waals surface area contributed by atoms with Crippen molar-refractivity contribution in [3.8, 4) is 0 Å². The maximum absolute atomic E-state index is 6.30. The zero-order valence-corrected chi connectivity index (χ0v) is 13.9. The number of hydrogen-bond acceptors (Lipinski definition) is 3. The molecular formula is C17H26ClN3. The van der Waals surface area contributed by atoms with Crippen LogP contribution in [0.3, 0.4) is 0 Å². The SMILES string of the molecule is CC1(C)CCCN(c2cc(CNC3CC3)c(Cl)cn2)CC1. The first-order valence-electron chi connectivity index (χ1n) is 8.16. The Labute approximate surface area is 133 Å². The van der Waals surface area contributed by atoms with E-state index in [1.165, 1.54) is 37.7 Å². The monoisotopic (exact) mass is 307 g/mol. The van der Waals surface area contributed by atoms with Crippen LogP contribution in [0, 0.1) is 5.41 Å². The Kier molecular flexibility index (Phi) is 4.41. The van der Waals surface area contributed by atoms with Crippen molar-refractivity contribution >= 4 is 17.4 Å². The molecule has 1 aliphatic carbocycles. The van der Waals surface area contributed by atoms with Crippen LogP contribution in [0.4, 0.5) is 5.82 Å². The summed E-state index contributed by atoms with van der Waals surface area (Å²) in [6, 6.07) is 2.88. The van der Waals surface area contributed by atoms with E-state index in [9.17, 15) is 0 Å². The maximum atomic E-state index is 6.30. The van der Waals surface area contributed by atoms with Gasteiger partial charge in [0.1, 0.15) is 5.82 Å². The van der Waals surface area contributed by atoms with E-state index in [1.807, 2.05) is 6.20 Å². The van der Waals surface area contributed by atoms with Crippen LogP contribution in [-0.2, 0) is 6.54 Å². The lowest BCUT2D eigenvalue weighted by Crippen LogP contribution is -2.26. The summed E-state index contributed by atoms with van der Waals surface area (Å²) in [7, 11) is 0. The maximum Gasteiger partial charge on any atom is 0.128 e. The number of halogens is 1. The number of hydrogen-bond donors (Lipinski definition) is 1. The molecule has 1 saturated heterocycles. The molecule has 1 aromatic heterocycles. The summed E-state index contributed by atoms with van der Waals surface area (Å²) in [6.07, 6.45) is 8.19. The average Bonchev–Trinajstić information content (AvgIpc) is 3.26. The molecule has 0 amide bonds. The zero-order chi connectivity index (χ0) is 14.9. The summed E-state index contributed by atoms with van der Waals surface area (Å²) in [6.45, 7) is 7.80. The highest BCUT2D eigenvalue weighted by molar-refractivity contribution is 6.31. The molecule has 3 rings (SSSR count). The minimum absolute atomic E-state index is 0.456. The third-order valence-electron chi connectivity index (χ3n) is 4.74. The van der Waals surface area contributed by atoms with Gasteiger partial charge in [-0.1, -0.05) is 25.4 Å². The molecule has 21 heavy (non-hydrogen) atoms. The summed E-state index contributed by atoms with van der Waals surface area (Å²) in [5.74, 6) is 1.09. The van der Waals surface area contributed by atoms with Gasteiger partial charge in [-0.15, -0.1) is 0 Å². The number of aromatic nitrogens is 1. The molecule has 1 saturated carbocycles. The molecule has 0 spiro atoms. The van der Waals surface area contributed by atoms with Crippen molar-refractivity contribution in [1.82, 2.24) is 10.3 Å². The molecule has 4 heteroatoms. The minimum Gasteiger partial charge on any atom is -0.357 e. The van der Waals surface area contributed by atoms with Crippen molar-refractivity contribution < 1.29 is 0 Å². The highest BCUT2D eigenvalue weighted by Gasteiger charge is 2.24. The van der Waals surface area contributed by atoms with E-state index in [0.29, 0.717) is 11.5 Å². The lowest BCUT2D eigenvalue weighted by atomic mass is 9.85. The van der Waals surface area contributed by atoms with Crippen LogP contribution in [0.2, 0.25) is 5.02 Å². The number of nitrogens with one attached hydrogen (secondary N) is 1. The molecule has 1 aliphatic heterocycles. The van der Waals surface area contributed by atoms with Gasteiger partial charge < -0.3 is 10.2 Å². The minimum atomic E-state index is 0.456. The first-order chi connectivity index (χ1) is 10.0. The first kappa shape index (κ1) is 15.1. The largest absolute Gasteiger partial charge is 0.357 e. The summed E-state index contributed by atoms with van der Waals surface area (Å²) < 4.78 is 0. The fraction of sp³-hybridized carbons (Fsp3) is 0.706. The normalized spacial score (nSPS) is 22.1. The van der Waals surface area contributed by atoms with Gasteiger partial charge in [-0.2, -0.15) is 0 Å². The third-order valence-corrected chi connectivity index (χ3v) is 5.08. The fourth-order valence-corrected chi connectivity index (χ4v) is 3.14. The van der Waals surface area contributed by atoms with E-state index in [1.54, 1.807) is 0 Å². The molecule has 0 radical (unpaired) electrons. The molecule has 2 heterocycles. The smallest absolute Gasteiger partial charge is 0.128 e. The van der Waals surface area contributed by atoms with E-state index in [-0.39, 0.29) is 0 Å². The van der Waals surface area contributed by atoms with Crippen molar-refractivity contribution in [3.63, 3.8) is 0 Å². The fourth-order valence-electron chi connectivity index (χ4n) is 2.97. The van der Waals surface area contributed by atoms with Crippen LogP contribution in [0.15, 0.2) is 12.3 Å². The molecule has 116 valence electrons. The lowest BCUT2D eigenvalue weighted by Gasteiger charge is -2.24. The van der Waals surface area contributed by atoms with Crippen LogP contribution in [0.1, 0.15) is 51.5 Å². The van der Waals surface area contributed by atoms with Crippen LogP contribution < -0.4 is 10.2 Å². The molecule has 3 nitrogen and oxygen atoms in total. The van der Waals surface area contributed by atoms with Gasteiger partial charge in [-0.3, -0.25) is 0 Å². The van der Waals surface area contributed by atoms with Crippen LogP contribution >= 0.6 is 11.6 Å². The van der Waals surface area contributed by atoms with Crippen LogP contribution in [0.5, 0.6) is 0 Å².